The van der Waals surface area contributed by atoms with Crippen molar-refractivity contribution in [3.05, 3.63) is 35.4 Å². The van der Waals surface area contributed by atoms with Crippen molar-refractivity contribution in [3.8, 4) is 6.07 Å². The Morgan fingerprint density at radius 1 is 1.37 bits per heavy atom. The van der Waals surface area contributed by atoms with Gasteiger partial charge in [-0.2, -0.15) is 14.5 Å². The number of amides is 2. The van der Waals surface area contributed by atoms with E-state index in [1.165, 1.54) is 24.3 Å². The largest absolute Gasteiger partial charge is 0.521 e. The van der Waals surface area contributed by atoms with Crippen molar-refractivity contribution in [2.75, 3.05) is 6.54 Å². The molecule has 0 bridgehead atoms. The number of quaternary nitrogens is 1. The number of carboxylic acid groups (broad SMARTS) is 1. The minimum absolute atomic E-state index is 0.222. The lowest BCUT2D eigenvalue weighted by Gasteiger charge is -2.29. The number of benzene rings is 1. The lowest BCUT2D eigenvalue weighted by molar-refractivity contribution is -0.785. The van der Waals surface area contributed by atoms with Crippen molar-refractivity contribution in [1.29, 1.82) is 5.26 Å². The van der Waals surface area contributed by atoms with Crippen molar-refractivity contribution < 1.29 is 19.2 Å². The maximum absolute atomic E-state index is 12.5. The zero-order valence-electron chi connectivity index (χ0n) is 10.7. The lowest BCUT2D eigenvalue weighted by atomic mass is 10.1. The highest BCUT2D eigenvalue weighted by molar-refractivity contribution is 5.94. The molecule has 1 N–H and O–H groups in total. The van der Waals surface area contributed by atoms with Gasteiger partial charge in [-0.25, -0.2) is 4.79 Å². The number of nitrogens with zero attached hydrogens (tertiary/aromatic N) is 2. The van der Waals surface area contributed by atoms with Crippen LogP contribution in [-0.2, 0) is 0 Å². The summed E-state index contributed by atoms with van der Waals surface area (Å²) in [5, 5.41) is 18.2. The van der Waals surface area contributed by atoms with Crippen LogP contribution in [-0.4, -0.2) is 34.2 Å². The molecule has 2 atom stereocenters. The lowest BCUT2D eigenvalue weighted by Crippen LogP contribution is -2.58. The molecule has 1 saturated heterocycles. The number of nitriles is 1. The van der Waals surface area contributed by atoms with Crippen LogP contribution in [0, 0.1) is 11.3 Å². The Balaban J connectivity index is 2.40. The van der Waals surface area contributed by atoms with Gasteiger partial charge >= 0.3 is 12.0 Å². The van der Waals surface area contributed by atoms with Crippen LogP contribution >= 0.6 is 0 Å². The highest BCUT2D eigenvalue weighted by Crippen LogP contribution is 2.30. The Bertz CT molecular complexity index is 559. The molecule has 0 aromatic heterocycles. The summed E-state index contributed by atoms with van der Waals surface area (Å²) in [6.07, 6.45) is 0.364. The average molecular weight is 259 g/mol. The average Bonchev–Trinajstić information content (AvgIpc) is 2.81. The van der Waals surface area contributed by atoms with E-state index in [1.807, 2.05) is 6.07 Å². The molecule has 1 aliphatic rings. The Morgan fingerprint density at radius 2 is 2.00 bits per heavy atom. The number of hydrogen-bond acceptors (Lipinski definition) is 3. The molecular weight excluding hydrogens is 244 g/mol. The van der Waals surface area contributed by atoms with Gasteiger partial charge in [0, 0.05) is 12.8 Å². The predicted molar refractivity (Wildman–Crippen MR) is 67.3 cm³/mol. The maximum atomic E-state index is 12.5. The van der Waals surface area contributed by atoms with Gasteiger partial charge in [0.2, 0.25) is 0 Å². The summed E-state index contributed by atoms with van der Waals surface area (Å²) in [7, 11) is 0. The number of likely N-dealkylation sites (tertiary alicyclic amines) is 1. The topological polar surface area (TPSA) is 78.2 Å². The van der Waals surface area contributed by atoms with Crippen LogP contribution in [0.1, 0.15) is 35.7 Å². The van der Waals surface area contributed by atoms with Gasteiger partial charge in [-0.1, -0.05) is 0 Å². The van der Waals surface area contributed by atoms with Crippen LogP contribution in [0.5, 0.6) is 0 Å². The van der Waals surface area contributed by atoms with E-state index in [0.29, 0.717) is 17.7 Å². The SMILES string of the molecule is C[C@@H]1CCC[N+]1(C(=O)O)C(=O)c1ccc(C#N)cc1. The molecule has 0 radical (unpaired) electrons. The fraction of sp³-hybridized carbons (Fsp3) is 0.357. The van der Waals surface area contributed by atoms with Crippen molar-refractivity contribution >= 4 is 12.0 Å². The summed E-state index contributed by atoms with van der Waals surface area (Å²) in [5.41, 5.74) is 0.794. The third-order valence-corrected chi connectivity index (χ3v) is 3.85. The molecule has 1 heterocycles. The van der Waals surface area contributed by atoms with E-state index in [2.05, 4.69) is 0 Å². The Kier molecular flexibility index (Phi) is 3.36. The van der Waals surface area contributed by atoms with Crippen LogP contribution in [0.4, 0.5) is 4.79 Å². The van der Waals surface area contributed by atoms with E-state index >= 15 is 0 Å². The van der Waals surface area contributed by atoms with Crippen molar-refractivity contribution in [3.63, 3.8) is 0 Å². The van der Waals surface area contributed by atoms with E-state index in [1.54, 1.807) is 6.92 Å². The number of carbonyl (C=O) groups excluding carboxylic acids is 1. The summed E-state index contributed by atoms with van der Waals surface area (Å²) in [6, 6.07) is 7.86. The molecule has 5 nitrogen and oxygen atoms in total. The Labute approximate surface area is 111 Å². The van der Waals surface area contributed by atoms with Gasteiger partial charge < -0.3 is 5.11 Å². The predicted octanol–water partition coefficient (Wildman–Crippen LogP) is 2.38. The van der Waals surface area contributed by atoms with Gasteiger partial charge in [-0.15, -0.1) is 0 Å². The van der Waals surface area contributed by atoms with Gasteiger partial charge in [0.25, 0.3) is 0 Å². The minimum Gasteiger partial charge on any atom is -0.435 e. The molecule has 1 fully saturated rings. The van der Waals surface area contributed by atoms with Gasteiger partial charge in [-0.05, 0) is 31.2 Å². The van der Waals surface area contributed by atoms with Gasteiger partial charge in [-0.3, -0.25) is 0 Å². The van der Waals surface area contributed by atoms with Crippen LogP contribution < -0.4 is 0 Å². The summed E-state index contributed by atoms with van der Waals surface area (Å²) >= 11 is 0. The number of hydrogen-bond donors (Lipinski definition) is 1. The van der Waals surface area contributed by atoms with Crippen LogP contribution in [0.3, 0.4) is 0 Å². The second-order valence-electron chi connectivity index (χ2n) is 4.86. The van der Waals surface area contributed by atoms with Crippen LogP contribution in [0.25, 0.3) is 0 Å². The van der Waals surface area contributed by atoms with Crippen molar-refractivity contribution in [2.24, 2.45) is 0 Å². The molecule has 2 rings (SSSR count). The first kappa shape index (κ1) is 13.2. The molecule has 1 aromatic carbocycles. The molecule has 0 spiro atoms. The summed E-state index contributed by atoms with van der Waals surface area (Å²) in [6.45, 7) is 2.12. The van der Waals surface area contributed by atoms with E-state index in [-0.39, 0.29) is 6.04 Å². The Hall–Kier alpha value is -2.19. The zero-order valence-corrected chi connectivity index (χ0v) is 10.7. The second kappa shape index (κ2) is 4.82. The van der Waals surface area contributed by atoms with E-state index in [0.717, 1.165) is 12.8 Å². The summed E-state index contributed by atoms with van der Waals surface area (Å²) < 4.78 is -0.536. The van der Waals surface area contributed by atoms with Crippen LogP contribution in [0.15, 0.2) is 24.3 Å². The fourth-order valence-corrected chi connectivity index (χ4v) is 2.67. The molecule has 19 heavy (non-hydrogen) atoms. The highest BCUT2D eigenvalue weighted by atomic mass is 16.4. The van der Waals surface area contributed by atoms with Gasteiger partial charge in [0.05, 0.1) is 23.7 Å². The van der Waals surface area contributed by atoms with Crippen molar-refractivity contribution in [1.82, 2.24) is 0 Å². The zero-order chi connectivity index (χ0) is 14.0. The molecule has 98 valence electrons. The quantitative estimate of drug-likeness (QED) is 0.785. The number of rotatable bonds is 1. The summed E-state index contributed by atoms with van der Waals surface area (Å²) in [5.74, 6) is -0.401. The molecule has 1 unspecified atom stereocenters. The number of imide groups is 1. The first-order valence-corrected chi connectivity index (χ1v) is 6.18. The van der Waals surface area contributed by atoms with E-state index < -0.39 is 16.5 Å². The monoisotopic (exact) mass is 259 g/mol. The fourth-order valence-electron chi connectivity index (χ4n) is 2.67. The van der Waals surface area contributed by atoms with Gasteiger partial charge in [0.1, 0.15) is 6.04 Å². The molecule has 0 saturated carbocycles. The molecule has 5 heteroatoms. The second-order valence-corrected chi connectivity index (χ2v) is 4.86. The van der Waals surface area contributed by atoms with Crippen molar-refractivity contribution in [2.45, 2.75) is 25.8 Å². The molecule has 0 aliphatic carbocycles. The first-order valence-electron chi connectivity index (χ1n) is 6.18. The maximum Gasteiger partial charge on any atom is 0.521 e. The van der Waals surface area contributed by atoms with Crippen LogP contribution in [0.2, 0.25) is 0 Å². The molecule has 1 aliphatic heterocycles. The highest BCUT2D eigenvalue weighted by Gasteiger charge is 2.53. The molecule has 2 amide bonds. The van der Waals surface area contributed by atoms with E-state index in [9.17, 15) is 14.7 Å². The van der Waals surface area contributed by atoms with Gasteiger partial charge in [0.15, 0.2) is 0 Å². The third-order valence-electron chi connectivity index (χ3n) is 3.85. The Morgan fingerprint density at radius 3 is 2.42 bits per heavy atom. The molecular formula is C14H15N2O3+. The smallest absolute Gasteiger partial charge is 0.435 e. The summed E-state index contributed by atoms with van der Waals surface area (Å²) in [4.78, 5) is 24.1. The first-order chi connectivity index (χ1) is 9.02. The standard InChI is InChI=1S/C14H14N2O3/c1-10-3-2-8-16(10,14(18)19)13(17)12-6-4-11(9-15)5-7-12/h4-7,10H,2-3,8H2,1H3/p+1/t10-,16?/m1/s1. The normalized spacial score (nSPS) is 25.8. The third kappa shape index (κ3) is 2.00. The van der Waals surface area contributed by atoms with E-state index in [4.69, 9.17) is 5.26 Å². The minimum atomic E-state index is -1.10. The molecule has 1 aromatic rings. The number of carbonyl (C=O) groups is 2.